The second-order valence-corrected chi connectivity index (χ2v) is 9.89. The molecule has 4 rings (SSSR count). The van der Waals surface area contributed by atoms with Crippen molar-refractivity contribution >= 4 is 34.7 Å². The molecular formula is C25H25ClN4OS2. The minimum absolute atomic E-state index is 0.251. The molecule has 170 valence electrons. The second kappa shape index (κ2) is 10.5. The summed E-state index contributed by atoms with van der Waals surface area (Å²) in [7, 11) is 0. The van der Waals surface area contributed by atoms with Crippen LogP contribution >= 0.6 is 34.7 Å². The third-order valence-electron chi connectivity index (χ3n) is 5.06. The predicted octanol–water partition coefficient (Wildman–Crippen LogP) is 7.29. The van der Waals surface area contributed by atoms with E-state index in [9.17, 15) is 0 Å². The summed E-state index contributed by atoms with van der Waals surface area (Å²) in [4.78, 5) is 4.76. The first kappa shape index (κ1) is 23.5. The number of ether oxygens (including phenoxy) is 1. The highest BCUT2D eigenvalue weighted by Gasteiger charge is 2.20. The molecule has 0 aliphatic heterocycles. The van der Waals surface area contributed by atoms with Gasteiger partial charge in [-0.15, -0.1) is 28.1 Å². The molecule has 0 saturated heterocycles. The lowest BCUT2D eigenvalue weighted by molar-refractivity contribution is 0.209. The molecule has 5 nitrogen and oxygen atoms in total. The van der Waals surface area contributed by atoms with Crippen LogP contribution in [0.15, 0.2) is 65.7 Å². The summed E-state index contributed by atoms with van der Waals surface area (Å²) in [5, 5.41) is 13.4. The summed E-state index contributed by atoms with van der Waals surface area (Å²) in [5.74, 6) is 2.31. The van der Waals surface area contributed by atoms with Gasteiger partial charge in [0.25, 0.3) is 0 Å². The Bertz CT molecular complexity index is 1270. The Balaban J connectivity index is 1.49. The molecule has 2 aromatic heterocycles. The van der Waals surface area contributed by atoms with Crippen molar-refractivity contribution in [2.45, 2.75) is 44.3 Å². The zero-order valence-electron chi connectivity index (χ0n) is 18.8. The number of aryl methyl sites for hydroxylation is 2. The van der Waals surface area contributed by atoms with Crippen LogP contribution in [0.2, 0.25) is 5.02 Å². The van der Waals surface area contributed by atoms with Crippen LogP contribution in [-0.4, -0.2) is 19.7 Å². The number of thioether (sulfide) groups is 1. The lowest BCUT2D eigenvalue weighted by atomic mass is 10.1. The van der Waals surface area contributed by atoms with Crippen molar-refractivity contribution in [2.75, 3.05) is 0 Å². The Morgan fingerprint density at radius 1 is 1.21 bits per heavy atom. The highest BCUT2D eigenvalue weighted by molar-refractivity contribution is 7.98. The molecule has 0 N–H and O–H groups in total. The molecule has 0 aliphatic rings. The van der Waals surface area contributed by atoms with E-state index < -0.39 is 0 Å². The number of nitrogens with zero attached hydrogens (tertiary/aromatic N) is 4. The van der Waals surface area contributed by atoms with Gasteiger partial charge in [0, 0.05) is 23.2 Å². The Kier molecular flexibility index (Phi) is 7.53. The van der Waals surface area contributed by atoms with Crippen LogP contribution in [0.4, 0.5) is 0 Å². The minimum Gasteiger partial charge on any atom is -0.482 e. The van der Waals surface area contributed by atoms with Crippen LogP contribution in [0.3, 0.4) is 0 Å². The third-order valence-corrected chi connectivity index (χ3v) is 7.31. The van der Waals surface area contributed by atoms with Crippen LogP contribution in [0.25, 0.3) is 10.6 Å². The molecule has 0 spiro atoms. The zero-order valence-corrected chi connectivity index (χ0v) is 21.2. The number of hydrogen-bond acceptors (Lipinski definition) is 6. The van der Waals surface area contributed by atoms with E-state index in [0.717, 1.165) is 38.6 Å². The Hall–Kier alpha value is -2.61. The smallest absolute Gasteiger partial charge is 0.192 e. The summed E-state index contributed by atoms with van der Waals surface area (Å²) in [5.41, 5.74) is 4.24. The van der Waals surface area contributed by atoms with E-state index in [2.05, 4.69) is 48.1 Å². The first-order valence-corrected chi connectivity index (χ1v) is 12.8. The summed E-state index contributed by atoms with van der Waals surface area (Å²) < 4.78 is 8.27. The van der Waals surface area contributed by atoms with E-state index in [1.165, 1.54) is 5.56 Å². The van der Waals surface area contributed by atoms with Crippen LogP contribution < -0.4 is 4.74 Å². The van der Waals surface area contributed by atoms with E-state index in [-0.39, 0.29) is 6.10 Å². The molecule has 0 fully saturated rings. The normalized spacial score (nSPS) is 12.0. The van der Waals surface area contributed by atoms with Crippen molar-refractivity contribution in [2.24, 2.45) is 0 Å². The Morgan fingerprint density at radius 3 is 2.79 bits per heavy atom. The largest absolute Gasteiger partial charge is 0.482 e. The second-order valence-electron chi connectivity index (χ2n) is 7.68. The number of halogens is 1. The van der Waals surface area contributed by atoms with E-state index >= 15 is 0 Å². The Labute approximate surface area is 207 Å². The van der Waals surface area contributed by atoms with Gasteiger partial charge < -0.3 is 4.74 Å². The standard InChI is InChI=1S/C25H25ClN4OS2/c1-5-12-30-23(18(4)31-22-11-10-16(2)13-17(22)3)28-29-25(30)33-15-19-14-32-24(27-19)20-8-6-7-9-21(20)26/h5-11,13-14,18H,1,12,15H2,2-4H3. The third kappa shape index (κ3) is 5.49. The summed E-state index contributed by atoms with van der Waals surface area (Å²) >= 11 is 9.51. The minimum atomic E-state index is -0.251. The SMILES string of the molecule is C=CCn1c(SCc2csc(-c3ccccc3Cl)n2)nnc1C(C)Oc1ccc(C)cc1C. The van der Waals surface area contributed by atoms with Crippen molar-refractivity contribution in [1.29, 1.82) is 0 Å². The number of rotatable bonds is 9. The fourth-order valence-electron chi connectivity index (χ4n) is 3.45. The van der Waals surface area contributed by atoms with Crippen LogP contribution in [0.5, 0.6) is 5.75 Å². The van der Waals surface area contributed by atoms with Gasteiger partial charge in [0.15, 0.2) is 17.1 Å². The quantitative estimate of drug-likeness (QED) is 0.180. The molecular weight excluding hydrogens is 472 g/mol. The van der Waals surface area contributed by atoms with Gasteiger partial charge in [0.1, 0.15) is 10.8 Å². The molecule has 0 saturated carbocycles. The lowest BCUT2D eigenvalue weighted by Gasteiger charge is -2.17. The van der Waals surface area contributed by atoms with Crippen molar-refractivity contribution in [3.05, 3.63) is 88.2 Å². The van der Waals surface area contributed by atoms with Crippen molar-refractivity contribution in [1.82, 2.24) is 19.7 Å². The molecule has 0 radical (unpaired) electrons. The zero-order chi connectivity index (χ0) is 23.4. The van der Waals surface area contributed by atoms with Gasteiger partial charge >= 0.3 is 0 Å². The molecule has 0 bridgehead atoms. The lowest BCUT2D eigenvalue weighted by Crippen LogP contribution is -2.12. The number of allylic oxidation sites excluding steroid dienone is 1. The first-order chi connectivity index (χ1) is 16.0. The van der Waals surface area contributed by atoms with E-state index in [1.54, 1.807) is 23.1 Å². The topological polar surface area (TPSA) is 52.8 Å². The molecule has 0 aliphatic carbocycles. The molecule has 8 heteroatoms. The van der Waals surface area contributed by atoms with Crippen molar-refractivity contribution in [3.8, 4) is 16.3 Å². The fraction of sp³-hybridized carbons (Fsp3) is 0.240. The molecule has 1 atom stereocenters. The van der Waals surface area contributed by atoms with Crippen LogP contribution in [0, 0.1) is 13.8 Å². The maximum Gasteiger partial charge on any atom is 0.192 e. The Morgan fingerprint density at radius 2 is 2.03 bits per heavy atom. The van der Waals surface area contributed by atoms with Gasteiger partial charge in [-0.3, -0.25) is 4.57 Å². The van der Waals surface area contributed by atoms with Gasteiger partial charge in [-0.25, -0.2) is 4.98 Å². The van der Waals surface area contributed by atoms with Crippen LogP contribution in [0.1, 0.15) is 35.7 Å². The van der Waals surface area contributed by atoms with Crippen LogP contribution in [-0.2, 0) is 12.3 Å². The highest BCUT2D eigenvalue weighted by atomic mass is 35.5. The molecule has 2 aromatic carbocycles. The first-order valence-electron chi connectivity index (χ1n) is 10.6. The van der Waals surface area contributed by atoms with Crippen molar-refractivity contribution < 1.29 is 4.74 Å². The summed E-state index contributed by atoms with van der Waals surface area (Å²) in [6, 6.07) is 13.9. The van der Waals surface area contributed by atoms with Gasteiger partial charge in [-0.05, 0) is 38.5 Å². The number of aromatic nitrogens is 4. The maximum atomic E-state index is 6.32. The molecule has 2 heterocycles. The van der Waals surface area contributed by atoms with E-state index in [4.69, 9.17) is 21.3 Å². The molecule has 1 unspecified atom stereocenters. The van der Waals surface area contributed by atoms with Crippen molar-refractivity contribution in [3.63, 3.8) is 0 Å². The van der Waals surface area contributed by atoms with E-state index in [0.29, 0.717) is 17.3 Å². The summed E-state index contributed by atoms with van der Waals surface area (Å²) in [6.07, 6.45) is 1.60. The van der Waals surface area contributed by atoms with E-state index in [1.807, 2.05) is 47.9 Å². The number of thiazole rings is 1. The molecule has 4 aromatic rings. The average Bonchev–Trinajstić information content (AvgIpc) is 3.42. The maximum absolute atomic E-state index is 6.32. The molecule has 33 heavy (non-hydrogen) atoms. The number of benzene rings is 2. The van der Waals surface area contributed by atoms with Gasteiger partial charge in [0.05, 0.1) is 10.7 Å². The average molecular weight is 497 g/mol. The summed E-state index contributed by atoms with van der Waals surface area (Å²) in [6.45, 7) is 10.6. The predicted molar refractivity (Wildman–Crippen MR) is 137 cm³/mol. The fourth-order valence-corrected chi connectivity index (χ4v) is 5.55. The van der Waals surface area contributed by atoms with Gasteiger partial charge in [-0.1, -0.05) is 65.3 Å². The monoisotopic (exact) mass is 496 g/mol. The van der Waals surface area contributed by atoms with Gasteiger partial charge in [-0.2, -0.15) is 0 Å². The highest BCUT2D eigenvalue weighted by Crippen LogP contribution is 2.32. The van der Waals surface area contributed by atoms with Gasteiger partial charge in [0.2, 0.25) is 0 Å². The molecule has 0 amide bonds. The number of hydrogen-bond donors (Lipinski definition) is 0.